The molecule has 0 radical (unpaired) electrons. The summed E-state index contributed by atoms with van der Waals surface area (Å²) in [6, 6.07) is 2.74. The molecule has 0 bridgehead atoms. The number of alkyl halides is 3. The molecule has 0 aliphatic rings. The van der Waals surface area contributed by atoms with E-state index >= 15 is 0 Å². The molecule has 1 atom stereocenters. The predicted octanol–water partition coefficient (Wildman–Crippen LogP) is 2.60. The van der Waals surface area contributed by atoms with Crippen molar-refractivity contribution in [1.82, 2.24) is 15.6 Å². The van der Waals surface area contributed by atoms with Gasteiger partial charge in [-0.25, -0.2) is 8.78 Å². The lowest BCUT2D eigenvalue weighted by atomic mass is 10.0. The Hall–Kier alpha value is -3.04. The zero-order chi connectivity index (χ0) is 19.5. The van der Waals surface area contributed by atoms with Gasteiger partial charge in [0, 0.05) is 13.2 Å². The quantitative estimate of drug-likeness (QED) is 0.810. The fraction of sp³-hybridized carbons (Fsp3) is 0.188. The molecule has 10 heteroatoms. The van der Waals surface area contributed by atoms with Crippen LogP contribution in [0.2, 0.25) is 0 Å². The average molecular weight is 373 g/mol. The van der Waals surface area contributed by atoms with Gasteiger partial charge in [-0.3, -0.25) is 14.6 Å². The van der Waals surface area contributed by atoms with Crippen LogP contribution in [-0.4, -0.2) is 23.8 Å². The van der Waals surface area contributed by atoms with Gasteiger partial charge in [0.2, 0.25) is 5.91 Å². The van der Waals surface area contributed by atoms with Crippen molar-refractivity contribution in [2.24, 2.45) is 0 Å². The number of amides is 2. The number of carbonyl (C=O) groups is 2. The monoisotopic (exact) mass is 373 g/mol. The van der Waals surface area contributed by atoms with Crippen LogP contribution in [0.15, 0.2) is 36.5 Å². The van der Waals surface area contributed by atoms with Gasteiger partial charge in [-0.05, 0) is 29.8 Å². The molecule has 2 rings (SSSR count). The number of pyridine rings is 1. The van der Waals surface area contributed by atoms with Crippen molar-refractivity contribution in [3.63, 3.8) is 0 Å². The van der Waals surface area contributed by atoms with Crippen molar-refractivity contribution in [2.45, 2.75) is 12.2 Å². The number of nitrogens with one attached hydrogen (secondary N) is 2. The Morgan fingerprint density at radius 3 is 2.27 bits per heavy atom. The lowest BCUT2D eigenvalue weighted by Crippen LogP contribution is -2.39. The second kappa shape index (κ2) is 7.46. The maximum atomic E-state index is 13.4. The summed E-state index contributed by atoms with van der Waals surface area (Å²) >= 11 is 0. The zero-order valence-corrected chi connectivity index (χ0v) is 13.2. The van der Waals surface area contributed by atoms with E-state index in [0.29, 0.717) is 12.3 Å². The minimum absolute atomic E-state index is 0.0449. The van der Waals surface area contributed by atoms with Crippen LogP contribution in [0.1, 0.15) is 27.7 Å². The van der Waals surface area contributed by atoms with Crippen molar-refractivity contribution < 1.29 is 31.5 Å². The van der Waals surface area contributed by atoms with Crippen molar-refractivity contribution in [1.29, 1.82) is 0 Å². The Labute approximate surface area is 144 Å². The highest BCUT2D eigenvalue weighted by atomic mass is 19.4. The molecule has 1 aromatic carbocycles. The van der Waals surface area contributed by atoms with E-state index in [4.69, 9.17) is 0 Å². The van der Waals surface area contributed by atoms with Crippen LogP contribution in [0.5, 0.6) is 0 Å². The molecule has 1 aromatic heterocycles. The Morgan fingerprint density at radius 1 is 1.08 bits per heavy atom. The minimum Gasteiger partial charge on any atom is -0.357 e. The molecule has 0 fully saturated rings. The molecule has 1 unspecified atom stereocenters. The van der Waals surface area contributed by atoms with E-state index in [0.717, 1.165) is 24.3 Å². The Kier molecular flexibility index (Phi) is 5.53. The molecule has 5 nitrogen and oxygen atoms in total. The van der Waals surface area contributed by atoms with E-state index in [9.17, 15) is 31.5 Å². The van der Waals surface area contributed by atoms with Gasteiger partial charge < -0.3 is 10.6 Å². The summed E-state index contributed by atoms with van der Waals surface area (Å²) in [6.45, 7) is 0. The van der Waals surface area contributed by atoms with Crippen molar-refractivity contribution in [3.05, 3.63) is 65.0 Å². The van der Waals surface area contributed by atoms with E-state index in [-0.39, 0.29) is 11.1 Å². The summed E-state index contributed by atoms with van der Waals surface area (Å²) in [5.74, 6) is -4.00. The van der Waals surface area contributed by atoms with E-state index in [1.807, 2.05) is 0 Å². The van der Waals surface area contributed by atoms with Crippen molar-refractivity contribution >= 4 is 11.8 Å². The largest absolute Gasteiger partial charge is 0.433 e. The molecule has 2 aromatic rings. The third-order valence-electron chi connectivity index (χ3n) is 3.38. The first-order chi connectivity index (χ1) is 12.1. The molecule has 138 valence electrons. The minimum atomic E-state index is -4.66. The molecule has 0 saturated carbocycles. The van der Waals surface area contributed by atoms with E-state index in [1.165, 1.54) is 7.05 Å². The number of carbonyl (C=O) groups excluding carboxylic acids is 2. The third kappa shape index (κ3) is 4.32. The molecule has 0 spiro atoms. The first kappa shape index (κ1) is 19.3. The fourth-order valence-corrected chi connectivity index (χ4v) is 2.05. The summed E-state index contributed by atoms with van der Waals surface area (Å²) in [6.07, 6.45) is -3.96. The molecule has 0 saturated heterocycles. The van der Waals surface area contributed by atoms with Gasteiger partial charge in [-0.1, -0.05) is 6.07 Å². The molecular formula is C16H12F5N3O2. The van der Waals surface area contributed by atoms with Gasteiger partial charge in [-0.2, -0.15) is 13.2 Å². The highest BCUT2D eigenvalue weighted by Gasteiger charge is 2.32. The van der Waals surface area contributed by atoms with Gasteiger partial charge in [0.15, 0.2) is 11.6 Å². The molecule has 0 aliphatic carbocycles. The second-order valence-electron chi connectivity index (χ2n) is 5.12. The van der Waals surface area contributed by atoms with Gasteiger partial charge in [0.1, 0.15) is 11.7 Å². The van der Waals surface area contributed by atoms with Crippen LogP contribution in [0.4, 0.5) is 22.0 Å². The summed E-state index contributed by atoms with van der Waals surface area (Å²) < 4.78 is 63.9. The Bertz CT molecular complexity index is 822. The van der Waals surface area contributed by atoms with Crippen LogP contribution in [0.3, 0.4) is 0 Å². The van der Waals surface area contributed by atoms with Gasteiger partial charge in [0.05, 0.1) is 5.56 Å². The standard InChI is InChI=1S/C16H12F5N3O2/c1-22-15(26)13(8-2-4-10(17)11(18)6-8)24-14(25)9-3-5-12(23-7-9)16(19,20)21/h2-7,13H,1H3,(H,22,26)(H,24,25). The maximum absolute atomic E-state index is 13.4. The first-order valence-corrected chi connectivity index (χ1v) is 7.14. The Morgan fingerprint density at radius 2 is 1.77 bits per heavy atom. The zero-order valence-electron chi connectivity index (χ0n) is 13.2. The second-order valence-corrected chi connectivity index (χ2v) is 5.12. The number of halogens is 5. The highest BCUT2D eigenvalue weighted by molar-refractivity contribution is 5.97. The number of rotatable bonds is 4. The number of likely N-dealkylation sites (N-methyl/N-ethyl adjacent to an activating group) is 1. The third-order valence-corrected chi connectivity index (χ3v) is 3.38. The molecule has 26 heavy (non-hydrogen) atoms. The molecule has 1 heterocycles. The molecule has 2 N–H and O–H groups in total. The fourth-order valence-electron chi connectivity index (χ4n) is 2.05. The lowest BCUT2D eigenvalue weighted by Gasteiger charge is -2.18. The van der Waals surface area contributed by atoms with Gasteiger partial charge in [0.25, 0.3) is 5.91 Å². The summed E-state index contributed by atoms with van der Waals surface area (Å²) in [5.41, 5.74) is -1.47. The van der Waals surface area contributed by atoms with Gasteiger partial charge >= 0.3 is 6.18 Å². The summed E-state index contributed by atoms with van der Waals surface area (Å²) in [4.78, 5) is 27.3. The normalized spacial score (nSPS) is 12.4. The van der Waals surface area contributed by atoms with Gasteiger partial charge in [-0.15, -0.1) is 0 Å². The van der Waals surface area contributed by atoms with E-state index in [2.05, 4.69) is 15.6 Å². The topological polar surface area (TPSA) is 71.1 Å². The molecule has 2 amide bonds. The summed E-state index contributed by atoms with van der Waals surface area (Å²) in [5, 5.41) is 4.49. The van der Waals surface area contributed by atoms with E-state index < -0.39 is 41.4 Å². The molecule has 0 aliphatic heterocycles. The van der Waals surface area contributed by atoms with Crippen LogP contribution in [0, 0.1) is 11.6 Å². The average Bonchev–Trinajstić information content (AvgIpc) is 2.60. The van der Waals surface area contributed by atoms with Crippen LogP contribution in [0.25, 0.3) is 0 Å². The van der Waals surface area contributed by atoms with Crippen LogP contribution < -0.4 is 10.6 Å². The smallest absolute Gasteiger partial charge is 0.357 e. The predicted molar refractivity (Wildman–Crippen MR) is 79.9 cm³/mol. The van der Waals surface area contributed by atoms with Crippen LogP contribution >= 0.6 is 0 Å². The van der Waals surface area contributed by atoms with Crippen molar-refractivity contribution in [2.75, 3.05) is 7.05 Å². The Balaban J connectivity index is 2.26. The maximum Gasteiger partial charge on any atom is 0.433 e. The van der Waals surface area contributed by atoms with Crippen LogP contribution in [-0.2, 0) is 11.0 Å². The number of benzene rings is 1. The lowest BCUT2D eigenvalue weighted by molar-refractivity contribution is -0.141. The number of nitrogens with zero attached hydrogens (tertiary/aromatic N) is 1. The molecular weight excluding hydrogens is 361 g/mol. The summed E-state index contributed by atoms with van der Waals surface area (Å²) in [7, 11) is 1.26. The number of hydrogen-bond donors (Lipinski definition) is 2. The number of aromatic nitrogens is 1. The number of hydrogen-bond acceptors (Lipinski definition) is 3. The van der Waals surface area contributed by atoms with Crippen molar-refractivity contribution in [3.8, 4) is 0 Å². The highest BCUT2D eigenvalue weighted by Crippen LogP contribution is 2.27. The van der Waals surface area contributed by atoms with E-state index in [1.54, 1.807) is 0 Å². The SMILES string of the molecule is CNC(=O)C(NC(=O)c1ccc(C(F)(F)F)nc1)c1ccc(F)c(F)c1. The first-order valence-electron chi connectivity index (χ1n) is 7.14.